The second kappa shape index (κ2) is 6.06. The maximum absolute atomic E-state index is 11.4. The first-order valence-electron chi connectivity index (χ1n) is 7.19. The molecule has 3 rings (SSSR count). The molecule has 0 aliphatic carbocycles. The highest BCUT2D eigenvalue weighted by Crippen LogP contribution is 2.30. The van der Waals surface area contributed by atoms with Crippen molar-refractivity contribution >= 4 is 0 Å². The van der Waals surface area contributed by atoms with Gasteiger partial charge in [-0.3, -0.25) is 15.0 Å². The van der Waals surface area contributed by atoms with Crippen molar-refractivity contribution in [2.75, 3.05) is 13.1 Å². The molecule has 1 aliphatic heterocycles. The first kappa shape index (κ1) is 13.8. The average Bonchev–Trinajstić information content (AvgIpc) is 2.93. The summed E-state index contributed by atoms with van der Waals surface area (Å²) in [5.41, 5.74) is 2.27. The van der Waals surface area contributed by atoms with Gasteiger partial charge in [0, 0.05) is 18.0 Å². The average molecular weight is 282 g/mol. The molecule has 2 aromatic rings. The monoisotopic (exact) mass is 282 g/mol. The van der Waals surface area contributed by atoms with E-state index in [1.165, 1.54) is 5.56 Å². The third kappa shape index (κ3) is 3.11. The fraction of sp³-hybridized carbons (Fsp3) is 0.294. The van der Waals surface area contributed by atoms with Gasteiger partial charge in [-0.25, -0.2) is 0 Å². The summed E-state index contributed by atoms with van der Waals surface area (Å²) in [6, 6.07) is 19.4. The molecule has 1 heterocycles. The molecule has 4 nitrogen and oxygen atoms in total. The molecule has 0 unspecified atom stereocenters. The Morgan fingerprint density at radius 2 is 1.62 bits per heavy atom. The lowest BCUT2D eigenvalue weighted by molar-refractivity contribution is -0.521. The van der Waals surface area contributed by atoms with E-state index in [9.17, 15) is 10.1 Å². The van der Waals surface area contributed by atoms with Crippen molar-refractivity contribution in [2.45, 2.75) is 18.5 Å². The summed E-state index contributed by atoms with van der Waals surface area (Å²) in [4.78, 5) is 13.4. The number of hydrogen-bond acceptors (Lipinski definition) is 3. The highest BCUT2D eigenvalue weighted by molar-refractivity contribution is 5.23. The van der Waals surface area contributed by atoms with E-state index in [4.69, 9.17) is 0 Å². The van der Waals surface area contributed by atoms with Gasteiger partial charge in [0.15, 0.2) is 0 Å². The van der Waals surface area contributed by atoms with E-state index in [2.05, 4.69) is 17.0 Å². The van der Waals surface area contributed by atoms with Gasteiger partial charge >= 0.3 is 0 Å². The second-order valence-electron chi connectivity index (χ2n) is 5.55. The molecule has 2 aromatic carbocycles. The molecule has 2 atom stereocenters. The minimum Gasteiger partial charge on any atom is -0.292 e. The molecular formula is C17H18N2O2. The van der Waals surface area contributed by atoms with Crippen molar-refractivity contribution in [2.24, 2.45) is 0 Å². The summed E-state index contributed by atoms with van der Waals surface area (Å²) < 4.78 is 0. The first-order valence-corrected chi connectivity index (χ1v) is 7.19. The van der Waals surface area contributed by atoms with Gasteiger partial charge in [0.05, 0.1) is 12.5 Å². The van der Waals surface area contributed by atoms with E-state index in [1.807, 2.05) is 48.5 Å². The molecule has 0 bridgehead atoms. The summed E-state index contributed by atoms with van der Waals surface area (Å²) >= 11 is 0. The van der Waals surface area contributed by atoms with Crippen LogP contribution in [-0.4, -0.2) is 29.0 Å². The number of nitrogens with zero attached hydrogens (tertiary/aromatic N) is 2. The molecule has 0 spiro atoms. The van der Waals surface area contributed by atoms with Crippen LogP contribution in [0.5, 0.6) is 0 Å². The number of benzene rings is 2. The largest absolute Gasteiger partial charge is 0.292 e. The lowest BCUT2D eigenvalue weighted by Crippen LogP contribution is -2.28. The van der Waals surface area contributed by atoms with Crippen LogP contribution in [0.4, 0.5) is 0 Å². The Hall–Kier alpha value is -2.20. The molecule has 0 N–H and O–H groups in total. The minimum absolute atomic E-state index is 0.0232. The van der Waals surface area contributed by atoms with Gasteiger partial charge in [-0.15, -0.1) is 0 Å². The highest BCUT2D eigenvalue weighted by Gasteiger charge is 2.41. The zero-order chi connectivity index (χ0) is 14.7. The van der Waals surface area contributed by atoms with Crippen molar-refractivity contribution in [1.29, 1.82) is 0 Å². The molecule has 4 heteroatoms. The van der Waals surface area contributed by atoms with E-state index in [0.717, 1.165) is 18.7 Å². The Bertz CT molecular complexity index is 601. The van der Waals surface area contributed by atoms with Crippen LogP contribution in [0, 0.1) is 10.1 Å². The SMILES string of the molecule is O=[N+]([O-])[C@H]1CN(Cc2ccccc2)C[C@H]1c1ccccc1. The van der Waals surface area contributed by atoms with E-state index in [1.54, 1.807) is 0 Å². The number of likely N-dealkylation sites (tertiary alicyclic amines) is 1. The van der Waals surface area contributed by atoms with Crippen LogP contribution in [0.2, 0.25) is 0 Å². The first-order chi connectivity index (χ1) is 10.2. The van der Waals surface area contributed by atoms with E-state index in [-0.39, 0.29) is 10.8 Å². The van der Waals surface area contributed by atoms with Gasteiger partial charge in [-0.1, -0.05) is 60.7 Å². The Morgan fingerprint density at radius 3 is 2.24 bits per heavy atom. The Morgan fingerprint density at radius 1 is 1.00 bits per heavy atom. The third-order valence-corrected chi connectivity index (χ3v) is 4.11. The van der Waals surface area contributed by atoms with Crippen molar-refractivity contribution < 1.29 is 4.92 Å². The molecule has 1 fully saturated rings. The van der Waals surface area contributed by atoms with Gasteiger partial charge in [0.25, 0.3) is 0 Å². The summed E-state index contributed by atoms with van der Waals surface area (Å²) in [5, 5.41) is 11.4. The third-order valence-electron chi connectivity index (χ3n) is 4.11. The predicted molar refractivity (Wildman–Crippen MR) is 81.7 cm³/mol. The highest BCUT2D eigenvalue weighted by atomic mass is 16.6. The molecule has 21 heavy (non-hydrogen) atoms. The fourth-order valence-electron chi connectivity index (χ4n) is 3.08. The summed E-state index contributed by atoms with van der Waals surface area (Å²) in [7, 11) is 0. The number of rotatable bonds is 4. The van der Waals surface area contributed by atoms with Crippen LogP contribution in [0.3, 0.4) is 0 Å². The molecule has 0 amide bonds. The van der Waals surface area contributed by atoms with Gasteiger partial charge in [0.2, 0.25) is 6.04 Å². The Labute approximate surface area is 124 Å². The second-order valence-corrected chi connectivity index (χ2v) is 5.55. The topological polar surface area (TPSA) is 46.4 Å². The van der Waals surface area contributed by atoms with Crippen molar-refractivity contribution in [3.8, 4) is 0 Å². The van der Waals surface area contributed by atoms with Gasteiger partial charge in [-0.05, 0) is 11.1 Å². The standard InChI is InChI=1S/C17H18N2O2/c20-19(21)17-13-18(11-14-7-3-1-4-8-14)12-16(17)15-9-5-2-6-10-15/h1-10,16-17H,11-13H2/t16-,17-/m0/s1. The van der Waals surface area contributed by atoms with Crippen LogP contribution < -0.4 is 0 Å². The van der Waals surface area contributed by atoms with Crippen LogP contribution >= 0.6 is 0 Å². The van der Waals surface area contributed by atoms with E-state index >= 15 is 0 Å². The Balaban J connectivity index is 1.77. The van der Waals surface area contributed by atoms with Gasteiger partial charge in [-0.2, -0.15) is 0 Å². The zero-order valence-electron chi connectivity index (χ0n) is 11.8. The molecular weight excluding hydrogens is 264 g/mol. The van der Waals surface area contributed by atoms with Crippen LogP contribution in [0.25, 0.3) is 0 Å². The molecule has 0 radical (unpaired) electrons. The van der Waals surface area contributed by atoms with E-state index < -0.39 is 6.04 Å². The Kier molecular flexibility index (Phi) is 3.97. The number of hydrogen-bond donors (Lipinski definition) is 0. The molecule has 1 saturated heterocycles. The molecule has 108 valence electrons. The normalized spacial score (nSPS) is 22.3. The fourth-order valence-corrected chi connectivity index (χ4v) is 3.08. The van der Waals surface area contributed by atoms with Crippen molar-refractivity contribution in [3.63, 3.8) is 0 Å². The van der Waals surface area contributed by atoms with Crippen molar-refractivity contribution in [3.05, 3.63) is 81.9 Å². The summed E-state index contributed by atoms with van der Waals surface area (Å²) in [6.07, 6.45) is 0. The van der Waals surface area contributed by atoms with Crippen LogP contribution in [0.15, 0.2) is 60.7 Å². The van der Waals surface area contributed by atoms with Crippen molar-refractivity contribution in [1.82, 2.24) is 4.90 Å². The summed E-state index contributed by atoms with van der Waals surface area (Å²) in [6.45, 7) is 2.03. The van der Waals surface area contributed by atoms with Gasteiger partial charge < -0.3 is 0 Å². The predicted octanol–water partition coefficient (Wildman–Crippen LogP) is 2.93. The number of nitro groups is 1. The molecule has 0 saturated carbocycles. The zero-order valence-corrected chi connectivity index (χ0v) is 11.8. The van der Waals surface area contributed by atoms with Gasteiger partial charge in [0.1, 0.15) is 0 Å². The summed E-state index contributed by atoms with van der Waals surface area (Å²) in [5.74, 6) is -0.0232. The van der Waals surface area contributed by atoms with E-state index in [0.29, 0.717) is 6.54 Å². The maximum Gasteiger partial charge on any atom is 0.233 e. The smallest absolute Gasteiger partial charge is 0.233 e. The van der Waals surface area contributed by atoms with Crippen LogP contribution in [-0.2, 0) is 6.54 Å². The quantitative estimate of drug-likeness (QED) is 0.640. The molecule has 0 aromatic heterocycles. The molecule has 1 aliphatic rings. The lowest BCUT2D eigenvalue weighted by atomic mass is 9.95. The maximum atomic E-state index is 11.4. The van der Waals surface area contributed by atoms with Crippen LogP contribution in [0.1, 0.15) is 17.0 Å². The lowest BCUT2D eigenvalue weighted by Gasteiger charge is -2.15. The minimum atomic E-state index is -0.517.